The number of allylic oxidation sites excluding steroid dienone is 3. The Kier molecular flexibility index (Phi) is 4.65. The first-order valence-electron chi connectivity index (χ1n) is 3.58. The molecule has 0 rings (SSSR count). The standard InChI is InChI=1S/C10H16/c1-5-7-10(6-2)8-9(3)4/h5-6,10H,1-3,7-8H2,4H3. The first-order chi connectivity index (χ1) is 4.70. The Morgan fingerprint density at radius 1 is 1.50 bits per heavy atom. The van der Waals surface area contributed by atoms with Crippen LogP contribution in [-0.4, -0.2) is 0 Å². The summed E-state index contributed by atoms with van der Waals surface area (Å²) in [6, 6.07) is 0. The van der Waals surface area contributed by atoms with Gasteiger partial charge >= 0.3 is 0 Å². The Bertz CT molecular complexity index is 131. The molecule has 0 saturated carbocycles. The van der Waals surface area contributed by atoms with Gasteiger partial charge in [0.1, 0.15) is 0 Å². The number of rotatable bonds is 5. The molecule has 1 unspecified atom stereocenters. The molecule has 0 aromatic heterocycles. The van der Waals surface area contributed by atoms with Gasteiger partial charge in [-0.2, -0.15) is 0 Å². The molecule has 0 heterocycles. The number of hydrogen-bond acceptors (Lipinski definition) is 0. The van der Waals surface area contributed by atoms with Crippen LogP contribution in [-0.2, 0) is 0 Å². The monoisotopic (exact) mass is 136 g/mol. The summed E-state index contributed by atoms with van der Waals surface area (Å²) < 4.78 is 0. The van der Waals surface area contributed by atoms with Crippen LogP contribution in [0.3, 0.4) is 0 Å². The highest BCUT2D eigenvalue weighted by molar-refractivity contribution is 4.97. The molecule has 0 spiro atoms. The highest BCUT2D eigenvalue weighted by Crippen LogP contribution is 2.14. The Balaban J connectivity index is 3.70. The fraction of sp³-hybridized carbons (Fsp3) is 0.400. The zero-order valence-electron chi connectivity index (χ0n) is 6.77. The summed E-state index contributed by atoms with van der Waals surface area (Å²) in [5.74, 6) is 0.537. The average molecular weight is 136 g/mol. The average Bonchev–Trinajstić information content (AvgIpc) is 1.86. The first-order valence-corrected chi connectivity index (χ1v) is 3.58. The van der Waals surface area contributed by atoms with Gasteiger partial charge in [-0.3, -0.25) is 0 Å². The molecule has 0 aliphatic rings. The molecule has 0 bridgehead atoms. The Morgan fingerprint density at radius 2 is 2.10 bits per heavy atom. The van der Waals surface area contributed by atoms with Crippen molar-refractivity contribution in [2.75, 3.05) is 0 Å². The van der Waals surface area contributed by atoms with Gasteiger partial charge in [0, 0.05) is 0 Å². The predicted octanol–water partition coefficient (Wildman–Crippen LogP) is 3.33. The molecule has 56 valence electrons. The van der Waals surface area contributed by atoms with Crippen molar-refractivity contribution < 1.29 is 0 Å². The second-order valence-electron chi connectivity index (χ2n) is 2.68. The zero-order valence-corrected chi connectivity index (χ0v) is 6.77. The van der Waals surface area contributed by atoms with Crippen LogP contribution in [0.5, 0.6) is 0 Å². The van der Waals surface area contributed by atoms with Gasteiger partial charge in [-0.05, 0) is 25.7 Å². The normalized spacial score (nSPS) is 12.1. The van der Waals surface area contributed by atoms with E-state index in [1.54, 1.807) is 0 Å². The van der Waals surface area contributed by atoms with Crippen molar-refractivity contribution in [3.05, 3.63) is 37.5 Å². The van der Waals surface area contributed by atoms with Crippen molar-refractivity contribution in [3.63, 3.8) is 0 Å². The summed E-state index contributed by atoms with van der Waals surface area (Å²) in [6.45, 7) is 13.3. The van der Waals surface area contributed by atoms with Gasteiger partial charge in [-0.1, -0.05) is 17.7 Å². The van der Waals surface area contributed by atoms with Gasteiger partial charge in [0.2, 0.25) is 0 Å². The van der Waals surface area contributed by atoms with Crippen LogP contribution in [0.15, 0.2) is 37.5 Å². The van der Waals surface area contributed by atoms with Gasteiger partial charge in [-0.15, -0.1) is 19.7 Å². The van der Waals surface area contributed by atoms with Crippen LogP contribution < -0.4 is 0 Å². The van der Waals surface area contributed by atoms with Crippen molar-refractivity contribution in [1.82, 2.24) is 0 Å². The van der Waals surface area contributed by atoms with E-state index in [1.807, 2.05) is 19.1 Å². The van der Waals surface area contributed by atoms with E-state index in [4.69, 9.17) is 0 Å². The molecule has 0 heteroatoms. The van der Waals surface area contributed by atoms with Crippen LogP contribution in [0.1, 0.15) is 19.8 Å². The second kappa shape index (κ2) is 5.04. The molecular weight excluding hydrogens is 120 g/mol. The zero-order chi connectivity index (χ0) is 7.98. The molecule has 0 aliphatic heterocycles. The van der Waals surface area contributed by atoms with Crippen LogP contribution in [0.25, 0.3) is 0 Å². The minimum absolute atomic E-state index is 0.537. The third-order valence-corrected chi connectivity index (χ3v) is 1.41. The van der Waals surface area contributed by atoms with Crippen LogP contribution in [0.4, 0.5) is 0 Å². The molecule has 0 aliphatic carbocycles. The van der Waals surface area contributed by atoms with Gasteiger partial charge in [0.25, 0.3) is 0 Å². The van der Waals surface area contributed by atoms with Gasteiger partial charge in [0.15, 0.2) is 0 Å². The molecule has 1 atom stereocenters. The molecule has 0 aromatic rings. The number of hydrogen-bond donors (Lipinski definition) is 0. The molecule has 0 radical (unpaired) electrons. The van der Waals surface area contributed by atoms with E-state index in [0.717, 1.165) is 12.8 Å². The van der Waals surface area contributed by atoms with Crippen molar-refractivity contribution in [1.29, 1.82) is 0 Å². The lowest BCUT2D eigenvalue weighted by atomic mass is 9.98. The van der Waals surface area contributed by atoms with E-state index >= 15 is 0 Å². The smallest absolute Gasteiger partial charge is 0.0165 e. The van der Waals surface area contributed by atoms with E-state index in [2.05, 4.69) is 19.7 Å². The van der Waals surface area contributed by atoms with Crippen LogP contribution in [0, 0.1) is 5.92 Å². The summed E-state index contributed by atoms with van der Waals surface area (Å²) in [7, 11) is 0. The van der Waals surface area contributed by atoms with E-state index in [-0.39, 0.29) is 0 Å². The summed E-state index contributed by atoms with van der Waals surface area (Å²) in [6.07, 6.45) is 5.94. The predicted molar refractivity (Wildman–Crippen MR) is 47.9 cm³/mol. The highest BCUT2D eigenvalue weighted by Gasteiger charge is 2.00. The topological polar surface area (TPSA) is 0 Å². The van der Waals surface area contributed by atoms with E-state index in [0.29, 0.717) is 5.92 Å². The third kappa shape index (κ3) is 4.13. The largest absolute Gasteiger partial charge is 0.103 e. The maximum Gasteiger partial charge on any atom is -0.0165 e. The van der Waals surface area contributed by atoms with Crippen molar-refractivity contribution in [3.8, 4) is 0 Å². The molecular formula is C10H16. The molecule has 0 aromatic carbocycles. The minimum Gasteiger partial charge on any atom is -0.103 e. The molecule has 0 saturated heterocycles. The van der Waals surface area contributed by atoms with E-state index in [9.17, 15) is 0 Å². The molecule has 0 amide bonds. The van der Waals surface area contributed by atoms with Crippen molar-refractivity contribution >= 4 is 0 Å². The Labute approximate surface area is 64.0 Å². The van der Waals surface area contributed by atoms with E-state index < -0.39 is 0 Å². The van der Waals surface area contributed by atoms with Crippen LogP contribution in [0.2, 0.25) is 0 Å². The van der Waals surface area contributed by atoms with E-state index in [1.165, 1.54) is 5.57 Å². The lowest BCUT2D eigenvalue weighted by Crippen LogP contribution is -1.93. The van der Waals surface area contributed by atoms with Crippen molar-refractivity contribution in [2.24, 2.45) is 5.92 Å². The summed E-state index contributed by atoms with van der Waals surface area (Å²) >= 11 is 0. The lowest BCUT2D eigenvalue weighted by molar-refractivity contribution is 0.658. The third-order valence-electron chi connectivity index (χ3n) is 1.41. The van der Waals surface area contributed by atoms with Gasteiger partial charge in [-0.25, -0.2) is 0 Å². The summed E-state index contributed by atoms with van der Waals surface area (Å²) in [5.41, 5.74) is 1.21. The van der Waals surface area contributed by atoms with Crippen LogP contribution >= 0.6 is 0 Å². The van der Waals surface area contributed by atoms with Gasteiger partial charge < -0.3 is 0 Å². The maximum atomic E-state index is 3.84. The molecule has 0 N–H and O–H groups in total. The SMILES string of the molecule is C=CCC(C=C)CC(=C)C. The highest BCUT2D eigenvalue weighted by atomic mass is 14.0. The Morgan fingerprint density at radius 3 is 2.40 bits per heavy atom. The second-order valence-corrected chi connectivity index (χ2v) is 2.68. The Hall–Kier alpha value is -0.780. The fourth-order valence-corrected chi connectivity index (χ4v) is 0.925. The molecule has 0 nitrogen and oxygen atoms in total. The maximum absolute atomic E-state index is 3.84. The quantitative estimate of drug-likeness (QED) is 0.508. The van der Waals surface area contributed by atoms with Gasteiger partial charge in [0.05, 0.1) is 0 Å². The molecule has 10 heavy (non-hydrogen) atoms. The fourth-order valence-electron chi connectivity index (χ4n) is 0.925. The minimum atomic E-state index is 0.537. The summed E-state index contributed by atoms with van der Waals surface area (Å²) in [4.78, 5) is 0. The first kappa shape index (κ1) is 9.22. The summed E-state index contributed by atoms with van der Waals surface area (Å²) in [5, 5.41) is 0. The lowest BCUT2D eigenvalue weighted by Gasteiger charge is -2.07. The van der Waals surface area contributed by atoms with Crippen molar-refractivity contribution in [2.45, 2.75) is 19.8 Å². The molecule has 0 fully saturated rings.